The van der Waals surface area contributed by atoms with Crippen LogP contribution in [-0.4, -0.2) is 60.4 Å². The highest BCUT2D eigenvalue weighted by molar-refractivity contribution is 6.02. The fourth-order valence-electron chi connectivity index (χ4n) is 3.34. The second kappa shape index (κ2) is 7.55. The first-order valence-corrected chi connectivity index (χ1v) is 8.48. The van der Waals surface area contributed by atoms with Gasteiger partial charge < -0.3 is 14.4 Å². The summed E-state index contributed by atoms with van der Waals surface area (Å²) in [5.41, 5.74) is 0. The molecule has 0 atom stereocenters. The number of ether oxygens (including phenoxy) is 2. The maximum absolute atomic E-state index is 12.3. The second-order valence-electron chi connectivity index (χ2n) is 6.21. The third kappa shape index (κ3) is 3.75. The zero-order valence-electron chi connectivity index (χ0n) is 14.3. The number of rotatable bonds is 5. The van der Waals surface area contributed by atoms with Crippen molar-refractivity contribution < 1.29 is 23.9 Å². The molecule has 2 saturated heterocycles. The number of methoxy groups -OCH3 is 1. The molecule has 1 aromatic carbocycles. The van der Waals surface area contributed by atoms with Crippen molar-refractivity contribution in [3.05, 3.63) is 24.3 Å². The van der Waals surface area contributed by atoms with Crippen molar-refractivity contribution in [2.45, 2.75) is 31.7 Å². The molecule has 0 aromatic heterocycles. The van der Waals surface area contributed by atoms with Gasteiger partial charge in [0.15, 0.2) is 18.1 Å². The van der Waals surface area contributed by atoms with Crippen LogP contribution in [-0.2, 0) is 14.4 Å². The highest BCUT2D eigenvalue weighted by atomic mass is 16.5. The molecule has 2 aliphatic heterocycles. The largest absolute Gasteiger partial charge is 0.493 e. The van der Waals surface area contributed by atoms with E-state index in [9.17, 15) is 14.4 Å². The molecule has 0 spiro atoms. The van der Waals surface area contributed by atoms with Crippen molar-refractivity contribution in [1.29, 1.82) is 0 Å². The molecule has 2 fully saturated rings. The molecule has 0 N–H and O–H groups in total. The summed E-state index contributed by atoms with van der Waals surface area (Å²) >= 11 is 0. The summed E-state index contributed by atoms with van der Waals surface area (Å²) in [7, 11) is 1.55. The quantitative estimate of drug-likeness (QED) is 0.749. The highest BCUT2D eigenvalue weighted by Crippen LogP contribution is 2.26. The van der Waals surface area contributed by atoms with Gasteiger partial charge in [0.1, 0.15) is 0 Å². The minimum atomic E-state index is -0.108. The van der Waals surface area contributed by atoms with E-state index in [4.69, 9.17) is 9.47 Å². The molecule has 7 heteroatoms. The summed E-state index contributed by atoms with van der Waals surface area (Å²) in [5, 5.41) is 0. The SMILES string of the molecule is COc1ccccc1OCC(=O)N1CCC(N2C(=O)CCC2=O)CC1. The fourth-order valence-corrected chi connectivity index (χ4v) is 3.34. The van der Waals surface area contributed by atoms with Crippen LogP contribution in [0.5, 0.6) is 11.5 Å². The standard InChI is InChI=1S/C18H22N2O5/c1-24-14-4-2-3-5-15(14)25-12-18(23)19-10-8-13(9-11-19)20-16(21)6-7-17(20)22/h2-5,13H,6-12H2,1H3. The van der Waals surface area contributed by atoms with Gasteiger partial charge in [0.2, 0.25) is 11.8 Å². The number of carbonyl (C=O) groups excluding carboxylic acids is 3. The molecule has 0 unspecified atom stereocenters. The first-order valence-electron chi connectivity index (χ1n) is 8.48. The van der Waals surface area contributed by atoms with E-state index in [2.05, 4.69) is 0 Å². The lowest BCUT2D eigenvalue weighted by Crippen LogP contribution is -2.49. The lowest BCUT2D eigenvalue weighted by Gasteiger charge is -2.35. The zero-order chi connectivity index (χ0) is 17.8. The van der Waals surface area contributed by atoms with Crippen LogP contribution >= 0.6 is 0 Å². The first kappa shape index (κ1) is 17.3. The van der Waals surface area contributed by atoms with Gasteiger partial charge in [-0.15, -0.1) is 0 Å². The fraction of sp³-hybridized carbons (Fsp3) is 0.500. The Morgan fingerprint density at radius 1 is 1.08 bits per heavy atom. The van der Waals surface area contributed by atoms with Crippen LogP contribution in [0, 0.1) is 0 Å². The predicted octanol–water partition coefficient (Wildman–Crippen LogP) is 1.21. The molecule has 2 heterocycles. The van der Waals surface area contributed by atoms with Gasteiger partial charge >= 0.3 is 0 Å². The van der Waals surface area contributed by atoms with Crippen LogP contribution in [0.3, 0.4) is 0 Å². The summed E-state index contributed by atoms with van der Waals surface area (Å²) < 4.78 is 10.8. The van der Waals surface area contributed by atoms with Crippen molar-refractivity contribution in [3.8, 4) is 11.5 Å². The predicted molar refractivity (Wildman–Crippen MR) is 89.2 cm³/mol. The smallest absolute Gasteiger partial charge is 0.260 e. The lowest BCUT2D eigenvalue weighted by atomic mass is 10.0. The average molecular weight is 346 g/mol. The van der Waals surface area contributed by atoms with Crippen molar-refractivity contribution in [3.63, 3.8) is 0 Å². The molecule has 3 amide bonds. The lowest BCUT2D eigenvalue weighted by molar-refractivity contribution is -0.143. The Kier molecular flexibility index (Phi) is 5.21. The molecular weight excluding hydrogens is 324 g/mol. The Hall–Kier alpha value is -2.57. The number of nitrogens with zero attached hydrogens (tertiary/aromatic N) is 2. The third-order valence-electron chi connectivity index (χ3n) is 4.69. The molecule has 0 radical (unpaired) electrons. The van der Waals surface area contributed by atoms with Crippen LogP contribution < -0.4 is 9.47 Å². The van der Waals surface area contributed by atoms with Crippen LogP contribution in [0.2, 0.25) is 0 Å². The molecule has 0 bridgehead atoms. The van der Waals surface area contributed by atoms with E-state index in [0.717, 1.165) is 0 Å². The van der Waals surface area contributed by atoms with Gasteiger partial charge in [0, 0.05) is 32.0 Å². The average Bonchev–Trinajstić information content (AvgIpc) is 2.98. The van der Waals surface area contributed by atoms with Gasteiger partial charge in [-0.2, -0.15) is 0 Å². The Morgan fingerprint density at radius 3 is 2.28 bits per heavy atom. The van der Waals surface area contributed by atoms with Gasteiger partial charge in [-0.1, -0.05) is 12.1 Å². The van der Waals surface area contributed by atoms with Crippen LogP contribution in [0.4, 0.5) is 0 Å². The Bertz CT molecular complexity index is 651. The van der Waals surface area contributed by atoms with E-state index in [1.54, 1.807) is 24.1 Å². The van der Waals surface area contributed by atoms with Crippen molar-refractivity contribution in [1.82, 2.24) is 9.80 Å². The number of carbonyl (C=O) groups is 3. The number of imide groups is 1. The topological polar surface area (TPSA) is 76.2 Å². The summed E-state index contributed by atoms with van der Waals surface area (Å²) in [5.74, 6) is 0.827. The minimum absolute atomic E-state index is 0.0629. The van der Waals surface area contributed by atoms with E-state index in [1.807, 2.05) is 12.1 Å². The Balaban J connectivity index is 1.50. The molecule has 3 rings (SSSR count). The van der Waals surface area contributed by atoms with Gasteiger partial charge in [0.05, 0.1) is 7.11 Å². The normalized spacial score (nSPS) is 18.6. The molecule has 2 aliphatic rings. The molecule has 7 nitrogen and oxygen atoms in total. The zero-order valence-corrected chi connectivity index (χ0v) is 14.3. The summed E-state index contributed by atoms with van der Waals surface area (Å²) in [6.45, 7) is 0.984. The van der Waals surface area contributed by atoms with Gasteiger partial charge in [0.25, 0.3) is 5.91 Å². The molecule has 25 heavy (non-hydrogen) atoms. The first-order chi connectivity index (χ1) is 12.1. The van der Waals surface area contributed by atoms with Crippen molar-refractivity contribution >= 4 is 17.7 Å². The second-order valence-corrected chi connectivity index (χ2v) is 6.21. The monoisotopic (exact) mass is 346 g/mol. The van der Waals surface area contributed by atoms with Crippen molar-refractivity contribution in [2.75, 3.05) is 26.8 Å². The number of hydrogen-bond donors (Lipinski definition) is 0. The molecule has 134 valence electrons. The number of hydrogen-bond acceptors (Lipinski definition) is 5. The number of para-hydroxylation sites is 2. The van der Waals surface area contributed by atoms with E-state index in [1.165, 1.54) is 4.90 Å². The number of benzene rings is 1. The van der Waals surface area contributed by atoms with Gasteiger partial charge in [-0.3, -0.25) is 19.3 Å². The van der Waals surface area contributed by atoms with Gasteiger partial charge in [-0.05, 0) is 25.0 Å². The third-order valence-corrected chi connectivity index (χ3v) is 4.69. The van der Waals surface area contributed by atoms with Crippen LogP contribution in [0.1, 0.15) is 25.7 Å². The van der Waals surface area contributed by atoms with E-state index in [0.29, 0.717) is 50.3 Å². The van der Waals surface area contributed by atoms with E-state index < -0.39 is 0 Å². The summed E-state index contributed by atoms with van der Waals surface area (Å²) in [6.07, 6.45) is 1.87. The molecule has 0 aliphatic carbocycles. The molecule has 0 saturated carbocycles. The van der Waals surface area contributed by atoms with E-state index >= 15 is 0 Å². The van der Waals surface area contributed by atoms with Crippen LogP contribution in [0.15, 0.2) is 24.3 Å². The summed E-state index contributed by atoms with van der Waals surface area (Å²) in [4.78, 5) is 39.1. The maximum atomic E-state index is 12.3. The Labute approximate surface area is 146 Å². The maximum Gasteiger partial charge on any atom is 0.260 e. The van der Waals surface area contributed by atoms with Crippen molar-refractivity contribution in [2.24, 2.45) is 0 Å². The van der Waals surface area contributed by atoms with E-state index in [-0.39, 0.29) is 30.4 Å². The Morgan fingerprint density at radius 2 is 1.68 bits per heavy atom. The highest BCUT2D eigenvalue weighted by Gasteiger charge is 2.37. The number of amides is 3. The number of piperidine rings is 1. The van der Waals surface area contributed by atoms with Crippen LogP contribution in [0.25, 0.3) is 0 Å². The molecule has 1 aromatic rings. The molecular formula is C18H22N2O5. The summed E-state index contributed by atoms with van der Waals surface area (Å²) in [6, 6.07) is 7.09. The van der Waals surface area contributed by atoms with Gasteiger partial charge in [-0.25, -0.2) is 0 Å². The number of likely N-dealkylation sites (tertiary alicyclic amines) is 2. The minimum Gasteiger partial charge on any atom is -0.493 e.